The van der Waals surface area contributed by atoms with Crippen molar-refractivity contribution in [3.05, 3.63) is 114 Å². The van der Waals surface area contributed by atoms with Gasteiger partial charge in [0.1, 0.15) is 23.0 Å². The van der Waals surface area contributed by atoms with Crippen molar-refractivity contribution in [3.8, 4) is 22.3 Å². The minimum Gasteiger partial charge on any atom is -0.460 e. The number of allylic oxidation sites excluding steroid dienone is 1. The number of benzene rings is 3. The summed E-state index contributed by atoms with van der Waals surface area (Å²) in [6, 6.07) is 24.0. The lowest BCUT2D eigenvalue weighted by molar-refractivity contribution is -0.114. The highest BCUT2D eigenvalue weighted by Crippen LogP contribution is 2.37. The van der Waals surface area contributed by atoms with Gasteiger partial charge in [-0.05, 0) is 89.4 Å². The molecule has 0 aliphatic carbocycles. The van der Waals surface area contributed by atoms with Gasteiger partial charge in [-0.1, -0.05) is 36.4 Å². The lowest BCUT2D eigenvalue weighted by atomic mass is 9.95. The molecule has 1 atom stereocenters. The van der Waals surface area contributed by atoms with Gasteiger partial charge in [-0.15, -0.1) is 0 Å². The SMILES string of the molecule is CC(c1ccc(-c2cc(-c3ccc(F)cc3)c3oc(CCC(=O)/C=C/c4ccc(N)nc4)cc3c2)cc1)N1CCC(F)(F)CC1. The second kappa shape index (κ2) is 12.7. The Kier molecular flexibility index (Phi) is 8.59. The summed E-state index contributed by atoms with van der Waals surface area (Å²) in [5, 5.41) is 0.879. The molecule has 1 aliphatic heterocycles. The summed E-state index contributed by atoms with van der Waals surface area (Å²) in [5.41, 5.74) is 11.7. The standard InChI is InChI=1S/C37H34F3N3O2/c1-24(43-18-16-37(39,40)17-19-43)26-4-6-27(7-5-26)29-20-30-21-33(14-13-32(44)12-2-25-3-15-35(41)42-23-25)45-36(30)34(22-29)28-8-10-31(38)11-9-28/h2-12,15,20-24H,13-14,16-19H2,1H3,(H2,41,42)/b12-2+. The average Bonchev–Trinajstić information content (AvgIpc) is 3.46. The van der Waals surface area contributed by atoms with Crippen LogP contribution in [0.5, 0.6) is 0 Å². The Hall–Kier alpha value is -4.69. The molecule has 0 spiro atoms. The van der Waals surface area contributed by atoms with Gasteiger partial charge in [-0.3, -0.25) is 9.69 Å². The summed E-state index contributed by atoms with van der Waals surface area (Å²) in [5.74, 6) is -1.84. The normalized spacial score (nSPS) is 15.9. The lowest BCUT2D eigenvalue weighted by Crippen LogP contribution is -2.40. The molecule has 1 unspecified atom stereocenters. The third-order valence-corrected chi connectivity index (χ3v) is 8.51. The lowest BCUT2D eigenvalue weighted by Gasteiger charge is -2.36. The van der Waals surface area contributed by atoms with Gasteiger partial charge in [-0.2, -0.15) is 0 Å². The van der Waals surface area contributed by atoms with E-state index in [1.165, 1.54) is 18.2 Å². The molecule has 8 heteroatoms. The fourth-order valence-electron chi connectivity index (χ4n) is 5.78. The average molecular weight is 610 g/mol. The number of halogens is 3. The molecule has 0 amide bonds. The second-order valence-electron chi connectivity index (χ2n) is 11.7. The molecule has 2 aromatic heterocycles. The highest BCUT2D eigenvalue weighted by Gasteiger charge is 2.35. The molecule has 0 bridgehead atoms. The van der Waals surface area contributed by atoms with Crippen molar-refractivity contribution < 1.29 is 22.4 Å². The number of furan rings is 1. The molecule has 1 saturated heterocycles. The Labute approximate surface area is 260 Å². The first-order valence-corrected chi connectivity index (χ1v) is 15.1. The van der Waals surface area contributed by atoms with Gasteiger partial charge in [0.15, 0.2) is 5.78 Å². The van der Waals surface area contributed by atoms with Crippen molar-refractivity contribution in [1.82, 2.24) is 9.88 Å². The Bertz CT molecular complexity index is 1820. The number of carbonyl (C=O) groups is 1. The molecule has 3 aromatic carbocycles. The first-order valence-electron chi connectivity index (χ1n) is 15.1. The molecular weight excluding hydrogens is 575 g/mol. The summed E-state index contributed by atoms with van der Waals surface area (Å²) in [6.45, 7) is 2.80. The van der Waals surface area contributed by atoms with Crippen LogP contribution in [0.3, 0.4) is 0 Å². The summed E-state index contributed by atoms with van der Waals surface area (Å²) in [4.78, 5) is 18.7. The zero-order valence-electron chi connectivity index (χ0n) is 25.0. The molecule has 6 rings (SSSR count). The van der Waals surface area contributed by atoms with E-state index in [4.69, 9.17) is 10.2 Å². The maximum absolute atomic E-state index is 13.8. The van der Waals surface area contributed by atoms with Crippen LogP contribution in [0, 0.1) is 5.82 Å². The Morgan fingerprint density at radius 2 is 1.69 bits per heavy atom. The van der Waals surface area contributed by atoms with Gasteiger partial charge in [0, 0.05) is 62.0 Å². The van der Waals surface area contributed by atoms with Gasteiger partial charge in [0.05, 0.1) is 0 Å². The highest BCUT2D eigenvalue weighted by molar-refractivity contribution is 5.97. The number of rotatable bonds is 9. The number of anilines is 1. The van der Waals surface area contributed by atoms with Gasteiger partial charge in [0.2, 0.25) is 0 Å². The fraction of sp³-hybridized carbons (Fsp3) is 0.243. The largest absolute Gasteiger partial charge is 0.460 e. The number of pyridine rings is 1. The van der Waals surface area contributed by atoms with E-state index in [0.29, 0.717) is 36.7 Å². The fourth-order valence-corrected chi connectivity index (χ4v) is 5.78. The van der Waals surface area contributed by atoms with E-state index in [1.54, 1.807) is 36.5 Å². The second-order valence-corrected chi connectivity index (χ2v) is 11.7. The van der Waals surface area contributed by atoms with Gasteiger partial charge in [-0.25, -0.2) is 18.2 Å². The van der Waals surface area contributed by atoms with Crippen molar-refractivity contribution >= 4 is 28.6 Å². The molecule has 45 heavy (non-hydrogen) atoms. The first kappa shape index (κ1) is 30.3. The predicted molar refractivity (Wildman–Crippen MR) is 172 cm³/mol. The molecule has 5 aromatic rings. The minimum atomic E-state index is -2.57. The molecule has 1 aliphatic rings. The van der Waals surface area contributed by atoms with E-state index in [-0.39, 0.29) is 36.9 Å². The number of aromatic nitrogens is 1. The van der Waals surface area contributed by atoms with Crippen molar-refractivity contribution in [3.63, 3.8) is 0 Å². The minimum absolute atomic E-state index is 0.0320. The zero-order chi connectivity index (χ0) is 31.6. The van der Waals surface area contributed by atoms with Crippen molar-refractivity contribution in [2.24, 2.45) is 0 Å². The van der Waals surface area contributed by atoms with Crippen LogP contribution < -0.4 is 5.73 Å². The number of nitrogens with zero attached hydrogens (tertiary/aromatic N) is 2. The number of piperidine rings is 1. The number of carbonyl (C=O) groups excluding carboxylic acids is 1. The molecular formula is C37H34F3N3O2. The third kappa shape index (κ3) is 7.18. The summed E-state index contributed by atoms with van der Waals surface area (Å²) in [6.07, 6.45) is 5.32. The molecule has 3 heterocycles. The van der Waals surface area contributed by atoms with E-state index < -0.39 is 5.92 Å². The van der Waals surface area contributed by atoms with E-state index in [0.717, 1.165) is 38.8 Å². The molecule has 0 radical (unpaired) electrons. The zero-order valence-corrected chi connectivity index (χ0v) is 25.0. The number of fused-ring (bicyclic) bond motifs is 1. The Balaban J connectivity index is 1.24. The smallest absolute Gasteiger partial charge is 0.250 e. The van der Waals surface area contributed by atoms with Gasteiger partial charge in [0.25, 0.3) is 5.92 Å². The summed E-state index contributed by atoms with van der Waals surface area (Å²) in [7, 11) is 0. The monoisotopic (exact) mass is 609 g/mol. The maximum atomic E-state index is 13.8. The summed E-state index contributed by atoms with van der Waals surface area (Å²) < 4.78 is 47.4. The van der Waals surface area contributed by atoms with Crippen molar-refractivity contribution in [2.75, 3.05) is 18.8 Å². The van der Waals surface area contributed by atoms with E-state index in [1.807, 2.05) is 24.3 Å². The van der Waals surface area contributed by atoms with E-state index >= 15 is 0 Å². The highest BCUT2D eigenvalue weighted by atomic mass is 19.3. The van der Waals surface area contributed by atoms with E-state index in [9.17, 15) is 18.0 Å². The quantitative estimate of drug-likeness (QED) is 0.169. The van der Waals surface area contributed by atoms with Gasteiger partial charge >= 0.3 is 0 Å². The van der Waals surface area contributed by atoms with Crippen LogP contribution in [0.1, 0.15) is 49.1 Å². The summed E-state index contributed by atoms with van der Waals surface area (Å²) >= 11 is 0. The van der Waals surface area contributed by atoms with Crippen molar-refractivity contribution in [1.29, 1.82) is 0 Å². The molecule has 0 saturated carbocycles. The van der Waals surface area contributed by atoms with Crippen LogP contribution in [0.25, 0.3) is 39.3 Å². The Morgan fingerprint density at radius 3 is 2.38 bits per heavy atom. The number of nitrogen functional groups attached to an aromatic ring is 1. The predicted octanol–water partition coefficient (Wildman–Crippen LogP) is 8.89. The number of likely N-dealkylation sites (tertiary alicyclic amines) is 1. The Morgan fingerprint density at radius 1 is 0.978 bits per heavy atom. The number of nitrogens with two attached hydrogens (primary N) is 1. The van der Waals surface area contributed by atoms with Crippen molar-refractivity contribution in [2.45, 2.75) is 44.6 Å². The van der Waals surface area contributed by atoms with Crippen LogP contribution in [0.15, 0.2) is 95.6 Å². The number of hydrogen-bond acceptors (Lipinski definition) is 5. The molecule has 2 N–H and O–H groups in total. The molecule has 1 fully saturated rings. The van der Waals surface area contributed by atoms with Crippen LogP contribution >= 0.6 is 0 Å². The first-order chi connectivity index (χ1) is 21.6. The number of hydrogen-bond donors (Lipinski definition) is 1. The van der Waals surface area contributed by atoms with Crippen LogP contribution in [-0.2, 0) is 11.2 Å². The molecule has 5 nitrogen and oxygen atoms in total. The number of alkyl halides is 2. The number of aryl methyl sites for hydroxylation is 1. The van der Waals surface area contributed by atoms with Gasteiger partial charge < -0.3 is 10.2 Å². The number of ketones is 1. The third-order valence-electron chi connectivity index (χ3n) is 8.51. The van der Waals surface area contributed by atoms with Crippen LogP contribution in [0.4, 0.5) is 19.0 Å². The topological polar surface area (TPSA) is 72.4 Å². The van der Waals surface area contributed by atoms with E-state index in [2.05, 4.69) is 35.0 Å². The molecule has 230 valence electrons. The maximum Gasteiger partial charge on any atom is 0.250 e. The van der Waals surface area contributed by atoms with Crippen LogP contribution in [-0.4, -0.2) is 34.7 Å². The van der Waals surface area contributed by atoms with Crippen LogP contribution in [0.2, 0.25) is 0 Å².